The van der Waals surface area contributed by atoms with Crippen molar-refractivity contribution in [3.63, 3.8) is 0 Å². The van der Waals surface area contributed by atoms with Gasteiger partial charge in [-0.25, -0.2) is 0 Å². The lowest BCUT2D eigenvalue weighted by molar-refractivity contribution is -0.162. The second-order valence-electron chi connectivity index (χ2n) is 6.26. The minimum Gasteiger partial charge on any atom is -0.461 e. The third-order valence-corrected chi connectivity index (χ3v) is 3.64. The van der Waals surface area contributed by atoms with Gasteiger partial charge in [0.1, 0.15) is 13.2 Å². The van der Waals surface area contributed by atoms with Crippen LogP contribution < -0.4 is 0 Å². The van der Waals surface area contributed by atoms with Gasteiger partial charge in [-0.15, -0.1) is 0 Å². The molecule has 118 valence electrons. The smallest absolute Gasteiger partial charge is 0.310 e. The molecule has 1 saturated carbocycles. The molecule has 0 radical (unpaired) electrons. The van der Waals surface area contributed by atoms with E-state index in [9.17, 15) is 9.59 Å². The molecule has 1 fully saturated rings. The Hall–Kier alpha value is -1.58. The van der Waals surface area contributed by atoms with Crippen molar-refractivity contribution in [2.24, 2.45) is 17.8 Å². The lowest BCUT2D eigenvalue weighted by atomic mass is 9.74. The number of hydrogen-bond donors (Lipinski definition) is 0. The Balaban J connectivity index is 2.69. The standard InChI is InChI=1S/C17H26O4/c1-11(2)9-20-16(18)14-7-6-13(5)8-15(14)17(19)21-10-12(3)4/h13-15H,1,3,6-10H2,2,4-5H3. The van der Waals surface area contributed by atoms with Crippen molar-refractivity contribution in [3.05, 3.63) is 24.3 Å². The first-order chi connectivity index (χ1) is 9.81. The van der Waals surface area contributed by atoms with Crippen LogP contribution in [0, 0.1) is 17.8 Å². The fourth-order valence-corrected chi connectivity index (χ4v) is 2.53. The molecule has 4 nitrogen and oxygen atoms in total. The molecule has 0 aromatic heterocycles. The van der Waals surface area contributed by atoms with E-state index in [1.165, 1.54) is 0 Å². The molecule has 0 aromatic rings. The van der Waals surface area contributed by atoms with E-state index in [0.29, 0.717) is 18.8 Å². The predicted molar refractivity (Wildman–Crippen MR) is 81.5 cm³/mol. The molecule has 0 heterocycles. The second-order valence-corrected chi connectivity index (χ2v) is 6.26. The van der Waals surface area contributed by atoms with Gasteiger partial charge in [0.25, 0.3) is 0 Å². The summed E-state index contributed by atoms with van der Waals surface area (Å²) in [5.74, 6) is -1.04. The van der Waals surface area contributed by atoms with Gasteiger partial charge in [0, 0.05) is 0 Å². The Morgan fingerprint density at radius 3 is 1.90 bits per heavy atom. The zero-order valence-electron chi connectivity index (χ0n) is 13.3. The molecule has 0 aromatic carbocycles. The Morgan fingerprint density at radius 2 is 1.43 bits per heavy atom. The van der Waals surface area contributed by atoms with Crippen molar-refractivity contribution in [1.29, 1.82) is 0 Å². The van der Waals surface area contributed by atoms with Crippen LogP contribution in [0.25, 0.3) is 0 Å². The van der Waals surface area contributed by atoms with Crippen LogP contribution in [0.15, 0.2) is 24.3 Å². The predicted octanol–water partition coefficient (Wildman–Crippen LogP) is 3.28. The highest BCUT2D eigenvalue weighted by molar-refractivity contribution is 5.82. The van der Waals surface area contributed by atoms with Gasteiger partial charge in [-0.1, -0.05) is 20.1 Å². The first-order valence-corrected chi connectivity index (χ1v) is 7.43. The molecule has 0 amide bonds. The Bertz CT molecular complexity index is 425. The summed E-state index contributed by atoms with van der Waals surface area (Å²) in [6, 6.07) is 0. The fourth-order valence-electron chi connectivity index (χ4n) is 2.53. The first kappa shape index (κ1) is 17.5. The molecule has 3 atom stereocenters. The van der Waals surface area contributed by atoms with Crippen molar-refractivity contribution in [3.8, 4) is 0 Å². The van der Waals surface area contributed by atoms with E-state index >= 15 is 0 Å². The zero-order valence-corrected chi connectivity index (χ0v) is 13.3. The average molecular weight is 294 g/mol. The lowest BCUT2D eigenvalue weighted by Gasteiger charge is -2.31. The van der Waals surface area contributed by atoms with Crippen LogP contribution in [0.4, 0.5) is 0 Å². The summed E-state index contributed by atoms with van der Waals surface area (Å²) in [7, 11) is 0. The molecule has 1 aliphatic rings. The molecule has 3 unspecified atom stereocenters. The van der Waals surface area contributed by atoms with Crippen LogP contribution in [0.2, 0.25) is 0 Å². The van der Waals surface area contributed by atoms with Crippen LogP contribution in [0.1, 0.15) is 40.0 Å². The quantitative estimate of drug-likeness (QED) is 0.557. The maximum atomic E-state index is 12.2. The number of carbonyl (C=O) groups is 2. The Morgan fingerprint density at radius 1 is 0.952 bits per heavy atom. The Kier molecular flexibility index (Phi) is 6.66. The summed E-state index contributed by atoms with van der Waals surface area (Å²) in [6.07, 6.45) is 2.27. The third kappa shape index (κ3) is 5.74. The minimum absolute atomic E-state index is 0.206. The SMILES string of the molecule is C=C(C)COC(=O)C1CCC(C)CC1C(=O)OCC(=C)C. The van der Waals surface area contributed by atoms with Gasteiger partial charge in [-0.05, 0) is 50.2 Å². The van der Waals surface area contributed by atoms with E-state index in [-0.39, 0.29) is 25.2 Å². The summed E-state index contributed by atoms with van der Waals surface area (Å²) in [5.41, 5.74) is 1.57. The number of hydrogen-bond acceptors (Lipinski definition) is 4. The van der Waals surface area contributed by atoms with Gasteiger partial charge in [-0.3, -0.25) is 9.59 Å². The van der Waals surface area contributed by atoms with E-state index < -0.39 is 11.8 Å². The maximum absolute atomic E-state index is 12.2. The summed E-state index contributed by atoms with van der Waals surface area (Å²) >= 11 is 0. The molecule has 0 aliphatic heterocycles. The van der Waals surface area contributed by atoms with E-state index in [1.807, 2.05) is 0 Å². The van der Waals surface area contributed by atoms with Gasteiger partial charge in [0.15, 0.2) is 0 Å². The molecular formula is C17H26O4. The van der Waals surface area contributed by atoms with Crippen molar-refractivity contribution >= 4 is 11.9 Å². The third-order valence-electron chi connectivity index (χ3n) is 3.64. The highest BCUT2D eigenvalue weighted by Crippen LogP contribution is 2.35. The number of carbonyl (C=O) groups excluding carboxylic acids is 2. The normalized spacial score (nSPS) is 25.0. The fraction of sp³-hybridized carbons (Fsp3) is 0.647. The number of esters is 2. The van der Waals surface area contributed by atoms with Gasteiger partial charge < -0.3 is 9.47 Å². The van der Waals surface area contributed by atoms with E-state index in [4.69, 9.17) is 9.47 Å². The summed E-state index contributed by atoms with van der Waals surface area (Å²) in [4.78, 5) is 24.4. The molecule has 1 rings (SSSR count). The topological polar surface area (TPSA) is 52.6 Å². The lowest BCUT2D eigenvalue weighted by Crippen LogP contribution is -2.37. The first-order valence-electron chi connectivity index (χ1n) is 7.43. The van der Waals surface area contributed by atoms with Crippen LogP contribution in [-0.2, 0) is 19.1 Å². The molecular weight excluding hydrogens is 268 g/mol. The highest BCUT2D eigenvalue weighted by atomic mass is 16.5. The number of ether oxygens (including phenoxy) is 2. The van der Waals surface area contributed by atoms with Crippen LogP contribution >= 0.6 is 0 Å². The van der Waals surface area contributed by atoms with Crippen molar-refractivity contribution in [2.75, 3.05) is 13.2 Å². The Labute approximate surface area is 127 Å². The molecule has 21 heavy (non-hydrogen) atoms. The molecule has 4 heteroatoms. The van der Waals surface area contributed by atoms with E-state index in [1.54, 1.807) is 13.8 Å². The molecule has 0 saturated heterocycles. The summed E-state index contributed by atoms with van der Waals surface area (Å²) in [5, 5.41) is 0. The van der Waals surface area contributed by atoms with Crippen LogP contribution in [0.3, 0.4) is 0 Å². The van der Waals surface area contributed by atoms with E-state index in [2.05, 4.69) is 20.1 Å². The number of rotatable bonds is 6. The largest absolute Gasteiger partial charge is 0.461 e. The van der Waals surface area contributed by atoms with Gasteiger partial charge in [-0.2, -0.15) is 0 Å². The minimum atomic E-state index is -0.411. The zero-order chi connectivity index (χ0) is 16.0. The van der Waals surface area contributed by atoms with Crippen molar-refractivity contribution < 1.29 is 19.1 Å². The van der Waals surface area contributed by atoms with E-state index in [0.717, 1.165) is 17.6 Å². The van der Waals surface area contributed by atoms with Crippen LogP contribution in [-0.4, -0.2) is 25.2 Å². The van der Waals surface area contributed by atoms with Crippen molar-refractivity contribution in [2.45, 2.75) is 40.0 Å². The summed E-state index contributed by atoms with van der Waals surface area (Å²) in [6.45, 7) is 13.5. The van der Waals surface area contributed by atoms with Gasteiger partial charge >= 0.3 is 11.9 Å². The van der Waals surface area contributed by atoms with Gasteiger partial charge in [0.05, 0.1) is 11.8 Å². The maximum Gasteiger partial charge on any atom is 0.310 e. The van der Waals surface area contributed by atoms with Crippen LogP contribution in [0.5, 0.6) is 0 Å². The van der Waals surface area contributed by atoms with Gasteiger partial charge in [0.2, 0.25) is 0 Å². The highest BCUT2D eigenvalue weighted by Gasteiger charge is 2.40. The monoisotopic (exact) mass is 294 g/mol. The molecule has 0 bridgehead atoms. The molecule has 0 N–H and O–H groups in total. The molecule has 0 spiro atoms. The second kappa shape index (κ2) is 8.01. The molecule has 1 aliphatic carbocycles. The summed E-state index contributed by atoms with van der Waals surface area (Å²) < 4.78 is 10.5. The van der Waals surface area contributed by atoms with Crippen molar-refractivity contribution in [1.82, 2.24) is 0 Å². The average Bonchev–Trinajstić information content (AvgIpc) is 2.41.